The molecular formula is C33H31N3O7. The van der Waals surface area contributed by atoms with Gasteiger partial charge in [-0.05, 0) is 48.5 Å². The van der Waals surface area contributed by atoms with Crippen LogP contribution in [0.1, 0.15) is 22.0 Å². The van der Waals surface area contributed by atoms with Gasteiger partial charge in [-0.25, -0.2) is 4.79 Å². The van der Waals surface area contributed by atoms with Crippen molar-refractivity contribution in [3.8, 4) is 11.5 Å². The molecule has 4 aromatic rings. The maximum atomic E-state index is 13.1. The first kappa shape index (κ1) is 30.4. The van der Waals surface area contributed by atoms with Crippen molar-refractivity contribution in [3.63, 3.8) is 0 Å². The predicted molar refractivity (Wildman–Crippen MR) is 162 cm³/mol. The summed E-state index contributed by atoms with van der Waals surface area (Å²) in [6.07, 6.45) is -0.684. The van der Waals surface area contributed by atoms with Crippen molar-refractivity contribution in [3.05, 3.63) is 132 Å². The smallest absolute Gasteiger partial charge is 0.414 e. The summed E-state index contributed by atoms with van der Waals surface area (Å²) in [4.78, 5) is 38.7. The van der Waals surface area contributed by atoms with Crippen LogP contribution >= 0.6 is 0 Å². The van der Waals surface area contributed by atoms with E-state index in [-0.39, 0.29) is 18.8 Å². The highest BCUT2D eigenvalue weighted by atomic mass is 16.6. The lowest BCUT2D eigenvalue weighted by Gasteiger charge is -2.27. The number of rotatable bonds is 12. The van der Waals surface area contributed by atoms with E-state index in [0.29, 0.717) is 28.4 Å². The summed E-state index contributed by atoms with van der Waals surface area (Å²) in [5, 5.41) is 14.3. The summed E-state index contributed by atoms with van der Waals surface area (Å²) in [7, 11) is 0. The Kier molecular flexibility index (Phi) is 10.9. The normalized spacial score (nSPS) is 12.1. The van der Waals surface area contributed by atoms with Crippen molar-refractivity contribution in [1.29, 1.82) is 0 Å². The lowest BCUT2D eigenvalue weighted by Crippen LogP contribution is -2.36. The number of anilines is 2. The molecule has 10 nitrogen and oxygen atoms in total. The number of aliphatic hydroxyl groups is 1. The Bertz CT molecular complexity index is 1540. The van der Waals surface area contributed by atoms with Crippen molar-refractivity contribution >= 4 is 29.3 Å². The molecule has 220 valence electrons. The first-order chi connectivity index (χ1) is 20.9. The van der Waals surface area contributed by atoms with Gasteiger partial charge in [0, 0.05) is 17.2 Å². The van der Waals surface area contributed by atoms with Crippen molar-refractivity contribution < 1.29 is 33.7 Å². The number of hydrogen-bond acceptors (Lipinski definition) is 8. The van der Waals surface area contributed by atoms with Gasteiger partial charge in [0.2, 0.25) is 5.91 Å². The zero-order valence-corrected chi connectivity index (χ0v) is 23.1. The van der Waals surface area contributed by atoms with E-state index in [0.717, 1.165) is 0 Å². The molecule has 10 heteroatoms. The molecule has 0 saturated heterocycles. The summed E-state index contributed by atoms with van der Waals surface area (Å²) < 4.78 is 17.7. The summed E-state index contributed by atoms with van der Waals surface area (Å²) in [6, 6.07) is 30.5. The molecule has 2 atom stereocenters. The first-order valence-corrected chi connectivity index (χ1v) is 13.4. The second-order valence-electron chi connectivity index (χ2n) is 9.09. The van der Waals surface area contributed by atoms with Crippen LogP contribution in [0.15, 0.2) is 121 Å². The maximum absolute atomic E-state index is 13.1. The zero-order chi connectivity index (χ0) is 30.4. The number of alkyl carbamates (subject to hydrolysis) is 1. The van der Waals surface area contributed by atoms with Crippen LogP contribution in [0.5, 0.6) is 11.5 Å². The number of ether oxygens (including phenoxy) is 3. The molecule has 5 N–H and O–H groups in total. The molecule has 4 rings (SSSR count). The van der Waals surface area contributed by atoms with Crippen LogP contribution in [0.4, 0.5) is 16.2 Å². The molecule has 0 aliphatic heterocycles. The molecule has 4 aromatic carbocycles. The van der Waals surface area contributed by atoms with E-state index in [1.54, 1.807) is 103 Å². The third-order valence-electron chi connectivity index (χ3n) is 6.03. The van der Waals surface area contributed by atoms with Gasteiger partial charge in [0.15, 0.2) is 12.2 Å². The second kappa shape index (κ2) is 15.4. The fourth-order valence-electron chi connectivity index (χ4n) is 4.03. The molecular weight excluding hydrogens is 550 g/mol. The highest BCUT2D eigenvalue weighted by Crippen LogP contribution is 2.33. The lowest BCUT2D eigenvalue weighted by molar-refractivity contribution is -0.112. The monoisotopic (exact) mass is 581 g/mol. The number of benzene rings is 4. The summed E-state index contributed by atoms with van der Waals surface area (Å²) in [6.45, 7) is -0.276. The van der Waals surface area contributed by atoms with Crippen LogP contribution in [0.25, 0.3) is 0 Å². The fourth-order valence-corrected chi connectivity index (χ4v) is 4.03. The number of imide groups is 1. The molecule has 0 spiro atoms. The Hall–Kier alpha value is -5.61. The summed E-state index contributed by atoms with van der Waals surface area (Å²) in [5.74, 6) is -0.440. The zero-order valence-electron chi connectivity index (χ0n) is 23.1. The highest BCUT2D eigenvalue weighted by Gasteiger charge is 2.31. The van der Waals surface area contributed by atoms with Crippen LogP contribution in [0, 0.1) is 0 Å². The summed E-state index contributed by atoms with van der Waals surface area (Å²) >= 11 is 0. The lowest BCUT2D eigenvalue weighted by atomic mass is 10.0. The highest BCUT2D eigenvalue weighted by molar-refractivity contribution is 6.03. The molecule has 0 radical (unpaired) electrons. The standard InChI is InChI=1S/C33H31N3O7/c34-26-16-8-9-17-27(26)35-30(38)20-19-29(42-24-13-5-2-6-14-24)31(25-15-7-10-18-28(25)41-22-21-37)43-33(40)36-32(39)23-11-3-1-4-12-23/h1-20,29,31,37H,21-22,34H2,(H,35,38)(H,36,39,40)/b20-19+/t29-,31-/m1/s1. The Morgan fingerprint density at radius 3 is 2.21 bits per heavy atom. The Morgan fingerprint density at radius 2 is 1.49 bits per heavy atom. The number of hydrogen-bond donors (Lipinski definition) is 4. The molecule has 43 heavy (non-hydrogen) atoms. The molecule has 0 aliphatic rings. The van der Waals surface area contributed by atoms with E-state index < -0.39 is 30.1 Å². The third kappa shape index (κ3) is 8.94. The predicted octanol–water partition coefficient (Wildman–Crippen LogP) is 4.89. The molecule has 0 aliphatic carbocycles. The molecule has 0 unspecified atom stereocenters. The van der Waals surface area contributed by atoms with Gasteiger partial charge in [0.1, 0.15) is 18.1 Å². The van der Waals surface area contributed by atoms with E-state index in [2.05, 4.69) is 10.6 Å². The number of carbonyl (C=O) groups is 3. The van der Waals surface area contributed by atoms with Crippen molar-refractivity contribution in [2.75, 3.05) is 24.3 Å². The van der Waals surface area contributed by atoms with Crippen LogP contribution < -0.4 is 25.8 Å². The topological polar surface area (TPSA) is 149 Å². The van der Waals surface area contributed by atoms with Crippen LogP contribution in [0.3, 0.4) is 0 Å². The van der Waals surface area contributed by atoms with E-state index in [1.807, 2.05) is 6.07 Å². The number of aliphatic hydroxyl groups excluding tert-OH is 1. The number of amides is 3. The van der Waals surface area contributed by atoms with Gasteiger partial charge in [-0.15, -0.1) is 0 Å². The van der Waals surface area contributed by atoms with E-state index in [4.69, 9.17) is 19.9 Å². The van der Waals surface area contributed by atoms with Gasteiger partial charge in [-0.2, -0.15) is 0 Å². The van der Waals surface area contributed by atoms with Crippen LogP contribution in [-0.4, -0.2) is 42.3 Å². The Labute approximate surface area is 248 Å². The molecule has 0 heterocycles. The van der Waals surface area contributed by atoms with E-state index in [1.165, 1.54) is 12.2 Å². The molecule has 0 saturated carbocycles. The van der Waals surface area contributed by atoms with Crippen molar-refractivity contribution in [2.45, 2.75) is 12.2 Å². The number of carbonyl (C=O) groups excluding carboxylic acids is 3. The number of nitrogens with two attached hydrogens (primary N) is 1. The van der Waals surface area contributed by atoms with Crippen molar-refractivity contribution in [2.24, 2.45) is 0 Å². The minimum absolute atomic E-state index is 0.0244. The van der Waals surface area contributed by atoms with Gasteiger partial charge in [0.25, 0.3) is 5.91 Å². The van der Waals surface area contributed by atoms with Gasteiger partial charge in [-0.1, -0.05) is 66.7 Å². The minimum atomic E-state index is -1.22. The molecule has 0 fully saturated rings. The molecule has 3 amide bonds. The Balaban J connectivity index is 1.68. The quantitative estimate of drug-likeness (QED) is 0.137. The maximum Gasteiger partial charge on any atom is 0.414 e. The third-order valence-corrected chi connectivity index (χ3v) is 6.03. The first-order valence-electron chi connectivity index (χ1n) is 13.4. The van der Waals surface area contributed by atoms with E-state index >= 15 is 0 Å². The van der Waals surface area contributed by atoms with Gasteiger partial charge in [-0.3, -0.25) is 14.9 Å². The van der Waals surface area contributed by atoms with Crippen LogP contribution in [0.2, 0.25) is 0 Å². The van der Waals surface area contributed by atoms with Gasteiger partial charge >= 0.3 is 6.09 Å². The second-order valence-corrected chi connectivity index (χ2v) is 9.09. The van der Waals surface area contributed by atoms with Gasteiger partial charge in [0.05, 0.1) is 18.0 Å². The van der Waals surface area contributed by atoms with Crippen LogP contribution in [-0.2, 0) is 9.53 Å². The number of para-hydroxylation sites is 4. The van der Waals surface area contributed by atoms with E-state index in [9.17, 15) is 19.5 Å². The minimum Gasteiger partial charge on any atom is -0.491 e. The van der Waals surface area contributed by atoms with Crippen molar-refractivity contribution in [1.82, 2.24) is 5.32 Å². The number of nitrogen functional groups attached to an aromatic ring is 1. The average Bonchev–Trinajstić information content (AvgIpc) is 3.03. The number of nitrogens with one attached hydrogen (secondary N) is 2. The average molecular weight is 582 g/mol. The molecule has 0 aromatic heterocycles. The molecule has 0 bridgehead atoms. The Morgan fingerprint density at radius 1 is 0.837 bits per heavy atom. The summed E-state index contributed by atoms with van der Waals surface area (Å²) in [5.41, 5.74) is 7.40. The SMILES string of the molecule is Nc1ccccc1NC(=O)/C=C/[C@@H](Oc1ccccc1)[C@H](OC(=O)NC(=O)c1ccccc1)c1ccccc1OCCO. The fraction of sp³-hybridized carbons (Fsp3) is 0.121. The van der Waals surface area contributed by atoms with Gasteiger partial charge < -0.3 is 30.4 Å². The largest absolute Gasteiger partial charge is 0.491 e.